The molecule has 0 saturated heterocycles. The molecule has 0 N–H and O–H groups in total. The van der Waals surface area contributed by atoms with Crippen LogP contribution in [-0.4, -0.2) is 19.3 Å². The van der Waals surface area contributed by atoms with Crippen LogP contribution in [0.1, 0.15) is 26.2 Å². The third-order valence-corrected chi connectivity index (χ3v) is 2.82. The van der Waals surface area contributed by atoms with Crippen molar-refractivity contribution in [3.05, 3.63) is 24.3 Å². The summed E-state index contributed by atoms with van der Waals surface area (Å²) >= 11 is -0.227. The van der Waals surface area contributed by atoms with E-state index in [1.54, 1.807) is 0 Å². The second-order valence-corrected chi connectivity index (χ2v) is 4.64. The van der Waals surface area contributed by atoms with Crippen molar-refractivity contribution in [3.63, 3.8) is 0 Å². The van der Waals surface area contributed by atoms with Crippen LogP contribution in [0.25, 0.3) is 0 Å². The van der Waals surface area contributed by atoms with Crippen LogP contribution in [0.2, 0.25) is 4.55 Å². The molecule has 0 rings (SSSR count). The maximum absolute atomic E-state index is 5.66. The molecule has 11 heavy (non-hydrogen) atoms. The van der Waals surface area contributed by atoms with Crippen molar-refractivity contribution >= 4 is 28.3 Å². The summed E-state index contributed by atoms with van der Waals surface area (Å²) in [7, 11) is 5.66. The summed E-state index contributed by atoms with van der Waals surface area (Å²) < 4.78 is 1.23. The summed E-state index contributed by atoms with van der Waals surface area (Å²) in [4.78, 5) is 0. The van der Waals surface area contributed by atoms with E-state index in [-0.39, 0.29) is 19.3 Å². The van der Waals surface area contributed by atoms with Crippen molar-refractivity contribution in [2.75, 3.05) is 0 Å². The average Bonchev–Trinajstić information content (AvgIpc) is 2.03. The maximum atomic E-state index is 5.66. The van der Waals surface area contributed by atoms with Gasteiger partial charge in [0.15, 0.2) is 0 Å². The van der Waals surface area contributed by atoms with Crippen LogP contribution in [0.4, 0.5) is 0 Å². The Morgan fingerprint density at radius 2 is 1.91 bits per heavy atom. The van der Waals surface area contributed by atoms with Crippen LogP contribution >= 0.6 is 9.07 Å². The van der Waals surface area contributed by atoms with Crippen molar-refractivity contribution in [1.82, 2.24) is 0 Å². The Morgan fingerprint density at radius 1 is 1.18 bits per heavy atom. The Labute approximate surface area is 83.2 Å². The van der Waals surface area contributed by atoms with Crippen LogP contribution < -0.4 is 0 Å². The molecular weight excluding hydrogens is 168 g/mol. The van der Waals surface area contributed by atoms with E-state index in [4.69, 9.17) is 9.07 Å². The quantitative estimate of drug-likeness (QED) is 0.335. The van der Waals surface area contributed by atoms with E-state index in [1.165, 1.54) is 11.0 Å². The van der Waals surface area contributed by atoms with Crippen molar-refractivity contribution in [2.45, 2.75) is 30.7 Å². The van der Waals surface area contributed by atoms with Gasteiger partial charge in [-0.25, -0.2) is 0 Å². The monoisotopic (exact) mass is 182 g/mol. The Hall–Kier alpha value is 0.536. The molecule has 0 radical (unpaired) electrons. The standard InChI is InChI=1S/C9H15.ClH.Mg/c1-3-5-7-9-8-6-4-2;;/h5-8H,1,3-4,9H2,2H3;1H;/q;;+1/p-1/b7-5-,8-6-;;. The first-order valence-corrected chi connectivity index (χ1v) is 7.41. The lowest BCUT2D eigenvalue weighted by molar-refractivity contribution is 1.17. The molecule has 0 aromatic rings. The highest BCUT2D eigenvalue weighted by Crippen LogP contribution is 1.95. The number of rotatable bonds is 6. The SMILES string of the molecule is CC/C=C\C/C=C\C[CH2][Mg][Cl]. The van der Waals surface area contributed by atoms with Gasteiger partial charge in [0, 0.05) is 0 Å². The van der Waals surface area contributed by atoms with Crippen molar-refractivity contribution < 1.29 is 0 Å². The number of hydrogen-bond acceptors (Lipinski definition) is 0. The molecule has 0 aliphatic rings. The topological polar surface area (TPSA) is 0 Å². The molecule has 0 aromatic heterocycles. The zero-order valence-corrected chi connectivity index (χ0v) is 9.39. The highest BCUT2D eigenvalue weighted by molar-refractivity contribution is 6.93. The van der Waals surface area contributed by atoms with E-state index >= 15 is 0 Å². The summed E-state index contributed by atoms with van der Waals surface area (Å²) in [5.41, 5.74) is 0. The van der Waals surface area contributed by atoms with Gasteiger partial charge in [-0.15, -0.1) is 4.55 Å². The highest BCUT2D eigenvalue weighted by atomic mass is 35.5. The normalized spacial score (nSPS) is 11.1. The average molecular weight is 183 g/mol. The Balaban J connectivity index is 3.09. The highest BCUT2D eigenvalue weighted by Gasteiger charge is 1.84. The van der Waals surface area contributed by atoms with Gasteiger partial charge in [-0.2, -0.15) is 0 Å². The van der Waals surface area contributed by atoms with E-state index in [0.29, 0.717) is 0 Å². The van der Waals surface area contributed by atoms with Crippen LogP contribution in [-0.2, 0) is 0 Å². The van der Waals surface area contributed by atoms with Gasteiger partial charge in [-0.1, -0.05) is 37.6 Å². The Bertz CT molecular complexity index is 119. The van der Waals surface area contributed by atoms with E-state index in [0.717, 1.165) is 12.8 Å². The Morgan fingerprint density at radius 3 is 2.55 bits per heavy atom. The zero-order chi connectivity index (χ0) is 8.36. The summed E-state index contributed by atoms with van der Waals surface area (Å²) in [5, 5.41) is 0. The molecule has 0 nitrogen and oxygen atoms in total. The summed E-state index contributed by atoms with van der Waals surface area (Å²) in [5.74, 6) is 0. The summed E-state index contributed by atoms with van der Waals surface area (Å²) in [6.07, 6.45) is 12.2. The van der Waals surface area contributed by atoms with Gasteiger partial charge in [0.2, 0.25) is 0 Å². The van der Waals surface area contributed by atoms with Gasteiger partial charge in [0.1, 0.15) is 0 Å². The molecule has 0 saturated carbocycles. The zero-order valence-electron chi connectivity index (χ0n) is 7.22. The van der Waals surface area contributed by atoms with E-state index in [9.17, 15) is 0 Å². The largest absolute Gasteiger partial charge is 0.501 e. The summed E-state index contributed by atoms with van der Waals surface area (Å²) in [6, 6.07) is 0. The molecule has 60 valence electrons. The number of halogens is 1. The minimum absolute atomic E-state index is 0.227. The van der Waals surface area contributed by atoms with Crippen LogP contribution in [0.15, 0.2) is 24.3 Å². The first-order valence-electron chi connectivity index (χ1n) is 4.27. The second-order valence-electron chi connectivity index (χ2n) is 2.42. The Kier molecular flexibility index (Phi) is 11.0. The van der Waals surface area contributed by atoms with Crippen molar-refractivity contribution in [2.24, 2.45) is 0 Å². The first-order chi connectivity index (χ1) is 5.41. The van der Waals surface area contributed by atoms with Crippen molar-refractivity contribution in [3.8, 4) is 0 Å². The van der Waals surface area contributed by atoms with Crippen molar-refractivity contribution in [1.29, 1.82) is 0 Å². The predicted octanol–water partition coefficient (Wildman–Crippen LogP) is 3.57. The molecule has 0 unspecified atom stereocenters. The predicted molar refractivity (Wildman–Crippen MR) is 54.2 cm³/mol. The fourth-order valence-corrected chi connectivity index (χ4v) is 1.60. The molecule has 0 atom stereocenters. The lowest BCUT2D eigenvalue weighted by atomic mass is 10.3. The fraction of sp³-hybridized carbons (Fsp3) is 0.556. The minimum atomic E-state index is -0.227. The maximum Gasteiger partial charge on any atom is 0.501 e. The molecule has 0 aliphatic heterocycles. The smallest absolute Gasteiger partial charge is 0.346 e. The first kappa shape index (κ1) is 11.5. The fourth-order valence-electron chi connectivity index (χ4n) is 0.751. The van der Waals surface area contributed by atoms with Crippen LogP contribution in [0.5, 0.6) is 0 Å². The third kappa shape index (κ3) is 10.5. The molecule has 0 amide bonds. The molecule has 0 spiro atoms. The van der Waals surface area contributed by atoms with Gasteiger partial charge in [0.25, 0.3) is 0 Å². The van der Waals surface area contributed by atoms with Crippen LogP contribution in [0, 0.1) is 0 Å². The minimum Gasteiger partial charge on any atom is -0.346 e. The lowest BCUT2D eigenvalue weighted by Crippen LogP contribution is -1.73. The molecular formula is C9H15ClMg. The molecule has 0 heterocycles. The lowest BCUT2D eigenvalue weighted by Gasteiger charge is -1.84. The van der Waals surface area contributed by atoms with E-state index < -0.39 is 0 Å². The van der Waals surface area contributed by atoms with Gasteiger partial charge in [-0.3, -0.25) is 0 Å². The molecule has 0 aromatic carbocycles. The van der Waals surface area contributed by atoms with E-state index in [2.05, 4.69) is 31.2 Å². The van der Waals surface area contributed by atoms with Gasteiger partial charge in [0.05, 0.1) is 0 Å². The molecule has 0 aliphatic carbocycles. The summed E-state index contributed by atoms with van der Waals surface area (Å²) in [6.45, 7) is 2.15. The van der Waals surface area contributed by atoms with Gasteiger partial charge in [-0.05, 0) is 12.8 Å². The third-order valence-electron chi connectivity index (χ3n) is 1.35. The number of allylic oxidation sites excluding steroid dienone is 4. The molecule has 0 fully saturated rings. The second kappa shape index (κ2) is 10.5. The number of hydrogen-bond donors (Lipinski definition) is 0. The van der Waals surface area contributed by atoms with Gasteiger partial charge < -0.3 is 9.07 Å². The van der Waals surface area contributed by atoms with E-state index in [1.807, 2.05) is 0 Å². The molecule has 2 heteroatoms. The van der Waals surface area contributed by atoms with Gasteiger partial charge >= 0.3 is 19.3 Å². The van der Waals surface area contributed by atoms with Crippen LogP contribution in [0.3, 0.4) is 0 Å². The molecule has 0 bridgehead atoms.